The zero-order valence-electron chi connectivity index (χ0n) is 17.4. The lowest BCUT2D eigenvalue weighted by atomic mass is 9.72. The van der Waals surface area contributed by atoms with Gasteiger partial charge in [-0.15, -0.1) is 0 Å². The van der Waals surface area contributed by atoms with Gasteiger partial charge in [0.1, 0.15) is 0 Å². The minimum atomic E-state index is -0.436. The van der Waals surface area contributed by atoms with Crippen molar-refractivity contribution >= 4 is 40.6 Å². The highest BCUT2D eigenvalue weighted by Crippen LogP contribution is 2.52. The minimum absolute atomic E-state index is 0.00180. The number of fused-ring (bicyclic) bond motifs is 1. The van der Waals surface area contributed by atoms with Gasteiger partial charge >= 0.3 is 6.03 Å². The summed E-state index contributed by atoms with van der Waals surface area (Å²) in [5.41, 5.74) is 3.71. The second-order valence-electron chi connectivity index (χ2n) is 8.50. The molecule has 0 radical (unpaired) electrons. The van der Waals surface area contributed by atoms with Gasteiger partial charge in [0.25, 0.3) is 0 Å². The van der Waals surface area contributed by atoms with Crippen LogP contribution in [0.5, 0.6) is 0 Å². The van der Waals surface area contributed by atoms with E-state index in [-0.39, 0.29) is 12.1 Å². The van der Waals surface area contributed by atoms with Crippen molar-refractivity contribution in [2.45, 2.75) is 44.2 Å². The van der Waals surface area contributed by atoms with Crippen molar-refractivity contribution in [3.63, 3.8) is 0 Å². The van der Waals surface area contributed by atoms with Gasteiger partial charge in [0.2, 0.25) is 0 Å². The number of amides is 2. The van der Waals surface area contributed by atoms with Crippen molar-refractivity contribution in [2.75, 3.05) is 9.80 Å². The van der Waals surface area contributed by atoms with E-state index in [0.29, 0.717) is 10.0 Å². The van der Waals surface area contributed by atoms with Crippen molar-refractivity contribution in [2.24, 2.45) is 0 Å². The van der Waals surface area contributed by atoms with Crippen LogP contribution in [0.15, 0.2) is 72.8 Å². The van der Waals surface area contributed by atoms with Crippen LogP contribution in [0.1, 0.15) is 36.8 Å². The number of benzene rings is 3. The van der Waals surface area contributed by atoms with E-state index in [0.717, 1.165) is 37.1 Å². The molecule has 0 N–H and O–H groups in total. The number of anilines is 2. The lowest BCUT2D eigenvalue weighted by Crippen LogP contribution is -2.51. The molecule has 5 rings (SSSR count). The molecule has 2 atom stereocenters. The molecule has 1 aliphatic heterocycles. The van der Waals surface area contributed by atoms with Crippen molar-refractivity contribution in [3.8, 4) is 0 Å². The molecule has 2 amide bonds. The average molecular weight is 451 g/mol. The van der Waals surface area contributed by atoms with Gasteiger partial charge in [-0.1, -0.05) is 65.9 Å². The Morgan fingerprint density at radius 3 is 2.16 bits per heavy atom. The maximum absolute atomic E-state index is 14.1. The zero-order chi connectivity index (χ0) is 21.6. The van der Waals surface area contributed by atoms with Crippen LogP contribution in [0.3, 0.4) is 0 Å². The van der Waals surface area contributed by atoms with Crippen LogP contribution >= 0.6 is 23.2 Å². The molecule has 1 heterocycles. The maximum Gasteiger partial charge on any atom is 0.330 e. The molecular formula is C26H24Cl2N2O. The van der Waals surface area contributed by atoms with Crippen LogP contribution in [0.4, 0.5) is 16.2 Å². The Balaban J connectivity index is 1.74. The van der Waals surface area contributed by atoms with Gasteiger partial charge in [0.05, 0.1) is 11.6 Å². The summed E-state index contributed by atoms with van der Waals surface area (Å²) in [6.07, 6.45) is 4.05. The molecule has 3 aromatic rings. The highest BCUT2D eigenvalue weighted by atomic mass is 35.5. The summed E-state index contributed by atoms with van der Waals surface area (Å²) in [7, 11) is 0. The fourth-order valence-electron chi connectivity index (χ4n) is 5.36. The SMILES string of the molecule is Cc1cccc(C23CCCCC2N(c2ccc(Cl)cc2)C(=O)N3c2ccc(Cl)cc2)c1. The van der Waals surface area contributed by atoms with Gasteiger partial charge in [-0.25, -0.2) is 4.79 Å². The predicted octanol–water partition coefficient (Wildman–Crippen LogP) is 7.59. The van der Waals surface area contributed by atoms with Gasteiger partial charge in [0, 0.05) is 21.4 Å². The van der Waals surface area contributed by atoms with Gasteiger partial charge in [-0.05, 0) is 73.9 Å². The molecule has 5 heteroatoms. The van der Waals surface area contributed by atoms with Crippen LogP contribution in [0.2, 0.25) is 10.0 Å². The van der Waals surface area contributed by atoms with Crippen LogP contribution in [0, 0.1) is 6.92 Å². The molecule has 3 nitrogen and oxygen atoms in total. The second kappa shape index (κ2) is 7.89. The largest absolute Gasteiger partial charge is 0.330 e. The molecule has 0 aromatic heterocycles. The van der Waals surface area contributed by atoms with E-state index in [1.807, 2.05) is 58.3 Å². The molecule has 2 fully saturated rings. The van der Waals surface area contributed by atoms with Crippen molar-refractivity contribution in [3.05, 3.63) is 94.0 Å². The van der Waals surface area contributed by atoms with E-state index in [4.69, 9.17) is 23.2 Å². The zero-order valence-corrected chi connectivity index (χ0v) is 18.9. The molecule has 2 aliphatic rings. The quantitative estimate of drug-likeness (QED) is 0.403. The number of hydrogen-bond donors (Lipinski definition) is 0. The van der Waals surface area contributed by atoms with Crippen LogP contribution in [-0.4, -0.2) is 12.1 Å². The van der Waals surface area contributed by atoms with E-state index >= 15 is 0 Å². The van der Waals surface area contributed by atoms with E-state index in [2.05, 4.69) is 31.2 Å². The number of urea groups is 1. The monoisotopic (exact) mass is 450 g/mol. The standard InChI is InChI=1S/C26H24Cl2N2O/c1-18-5-4-6-19(17-18)26-16-3-2-7-24(26)29(22-12-8-20(27)9-13-22)25(31)30(26)23-14-10-21(28)11-15-23/h4-6,8-15,17,24H,2-3,7,16H2,1H3. The second-order valence-corrected chi connectivity index (χ2v) is 9.37. The van der Waals surface area contributed by atoms with Crippen molar-refractivity contribution in [1.82, 2.24) is 0 Å². The summed E-state index contributed by atoms with van der Waals surface area (Å²) in [5.74, 6) is 0. The molecule has 31 heavy (non-hydrogen) atoms. The first kappa shape index (κ1) is 20.4. The smallest absolute Gasteiger partial charge is 0.288 e. The first-order chi connectivity index (χ1) is 15.0. The van der Waals surface area contributed by atoms with Crippen LogP contribution < -0.4 is 9.80 Å². The number of carbonyl (C=O) groups excluding carboxylic acids is 1. The first-order valence-corrected chi connectivity index (χ1v) is 11.5. The Hall–Kier alpha value is -2.49. The third-order valence-electron chi connectivity index (χ3n) is 6.65. The molecule has 0 bridgehead atoms. The third-order valence-corrected chi connectivity index (χ3v) is 7.16. The molecule has 1 saturated heterocycles. The lowest BCUT2D eigenvalue weighted by Gasteiger charge is -2.45. The van der Waals surface area contributed by atoms with E-state index in [1.54, 1.807) is 0 Å². The fourth-order valence-corrected chi connectivity index (χ4v) is 5.61. The topological polar surface area (TPSA) is 23.6 Å². The minimum Gasteiger partial charge on any atom is -0.288 e. The molecular weight excluding hydrogens is 427 g/mol. The van der Waals surface area contributed by atoms with E-state index in [9.17, 15) is 4.79 Å². The lowest BCUT2D eigenvalue weighted by molar-refractivity contribution is 0.252. The third kappa shape index (κ3) is 3.31. The Morgan fingerprint density at radius 1 is 0.871 bits per heavy atom. The van der Waals surface area contributed by atoms with Gasteiger partial charge < -0.3 is 0 Å². The summed E-state index contributed by atoms with van der Waals surface area (Å²) in [6, 6.07) is 23.9. The molecule has 0 spiro atoms. The number of halogens is 2. The molecule has 158 valence electrons. The van der Waals surface area contributed by atoms with Crippen molar-refractivity contribution < 1.29 is 4.79 Å². The number of nitrogens with zero attached hydrogens (tertiary/aromatic N) is 2. The normalized spacial score (nSPS) is 23.2. The Morgan fingerprint density at radius 2 is 1.52 bits per heavy atom. The summed E-state index contributed by atoms with van der Waals surface area (Å²) in [6.45, 7) is 2.11. The Bertz CT molecular complexity index is 1110. The van der Waals surface area contributed by atoms with E-state index < -0.39 is 5.54 Å². The molecule has 2 unspecified atom stereocenters. The number of aryl methyl sites for hydroxylation is 1. The number of rotatable bonds is 3. The predicted molar refractivity (Wildman–Crippen MR) is 128 cm³/mol. The van der Waals surface area contributed by atoms with Crippen LogP contribution in [-0.2, 0) is 5.54 Å². The summed E-state index contributed by atoms with van der Waals surface area (Å²) >= 11 is 12.3. The maximum atomic E-state index is 14.1. The summed E-state index contributed by atoms with van der Waals surface area (Å²) in [5, 5.41) is 1.33. The molecule has 3 aromatic carbocycles. The average Bonchev–Trinajstić information content (AvgIpc) is 3.04. The highest BCUT2D eigenvalue weighted by Gasteiger charge is 2.59. The fraction of sp³-hybridized carbons (Fsp3) is 0.269. The first-order valence-electron chi connectivity index (χ1n) is 10.7. The van der Waals surface area contributed by atoms with Gasteiger partial charge in [-0.2, -0.15) is 0 Å². The summed E-state index contributed by atoms with van der Waals surface area (Å²) < 4.78 is 0. The molecule has 1 saturated carbocycles. The summed E-state index contributed by atoms with van der Waals surface area (Å²) in [4.78, 5) is 18.1. The van der Waals surface area contributed by atoms with Crippen molar-refractivity contribution in [1.29, 1.82) is 0 Å². The molecule has 1 aliphatic carbocycles. The highest BCUT2D eigenvalue weighted by molar-refractivity contribution is 6.31. The van der Waals surface area contributed by atoms with Gasteiger partial charge in [0.15, 0.2) is 0 Å². The van der Waals surface area contributed by atoms with E-state index in [1.165, 1.54) is 11.1 Å². The van der Waals surface area contributed by atoms with Crippen LogP contribution in [0.25, 0.3) is 0 Å². The Labute approximate surface area is 193 Å². The number of hydrogen-bond acceptors (Lipinski definition) is 1. The Kier molecular flexibility index (Phi) is 5.19. The number of carbonyl (C=O) groups is 1. The van der Waals surface area contributed by atoms with Gasteiger partial charge in [-0.3, -0.25) is 9.80 Å².